The van der Waals surface area contributed by atoms with E-state index in [2.05, 4.69) is 83.2 Å². The molecule has 144 valence electrons. The van der Waals surface area contributed by atoms with Crippen molar-refractivity contribution < 1.29 is 20.1 Å². The van der Waals surface area contributed by atoms with Crippen molar-refractivity contribution in [3.63, 3.8) is 0 Å². The van der Waals surface area contributed by atoms with E-state index in [1.54, 1.807) is 22.3 Å². The van der Waals surface area contributed by atoms with Gasteiger partial charge in [0.2, 0.25) is 0 Å². The molecule has 0 fully saturated rings. The molecule has 0 nitrogen and oxygen atoms in total. The molecule has 2 aromatic rings. The summed E-state index contributed by atoms with van der Waals surface area (Å²) in [5, 5.41) is 0. The summed E-state index contributed by atoms with van der Waals surface area (Å²) in [5.74, 6) is 0. The predicted molar refractivity (Wildman–Crippen MR) is 122 cm³/mol. The number of allylic oxidation sites excluding steroid dienone is 2. The second kappa shape index (κ2) is 8.40. The normalized spacial score (nSPS) is 19.0. The van der Waals surface area contributed by atoms with Crippen LogP contribution in [0.2, 0.25) is 6.04 Å². The molecule has 2 unspecified atom stereocenters. The molecule has 0 saturated carbocycles. The molecule has 28 heavy (non-hydrogen) atoms. The van der Waals surface area contributed by atoms with Crippen molar-refractivity contribution in [1.29, 1.82) is 0 Å². The Labute approximate surface area is 179 Å². The van der Waals surface area contributed by atoms with Crippen LogP contribution in [0.25, 0.3) is 12.2 Å². The van der Waals surface area contributed by atoms with Crippen LogP contribution < -0.4 is 0 Å². The van der Waals surface area contributed by atoms with Crippen molar-refractivity contribution in [2.75, 3.05) is 0 Å². The van der Waals surface area contributed by atoms with Gasteiger partial charge in [0.15, 0.2) is 0 Å². The minimum absolute atomic E-state index is 0.625. The van der Waals surface area contributed by atoms with Crippen molar-refractivity contribution in [1.82, 2.24) is 0 Å². The van der Waals surface area contributed by atoms with Gasteiger partial charge in [0, 0.05) is 0 Å². The molecule has 2 aliphatic carbocycles. The molecule has 0 saturated heterocycles. The molecule has 0 spiro atoms. The second-order valence-electron chi connectivity index (χ2n) is 8.57. The molecule has 0 aliphatic heterocycles. The van der Waals surface area contributed by atoms with Crippen LogP contribution in [0.1, 0.15) is 71.6 Å². The Morgan fingerprint density at radius 2 is 1.21 bits per heavy atom. The van der Waals surface area contributed by atoms with Gasteiger partial charge in [-0.2, -0.15) is 0 Å². The molecule has 0 amide bonds. The van der Waals surface area contributed by atoms with Crippen LogP contribution in [-0.2, 0) is 20.1 Å². The van der Waals surface area contributed by atoms with E-state index in [0.717, 1.165) is 7.35 Å². The molecular weight excluding hydrogens is 519 g/mol. The molecule has 4 rings (SSSR count). The molecule has 2 aromatic carbocycles. The third kappa shape index (κ3) is 3.52. The Morgan fingerprint density at radius 3 is 1.68 bits per heavy atom. The fourth-order valence-corrected chi connectivity index (χ4v) is 31.1. The van der Waals surface area contributed by atoms with Gasteiger partial charge in [0.25, 0.3) is 0 Å². The molecule has 0 N–H and O–H groups in total. The van der Waals surface area contributed by atoms with E-state index in [9.17, 15) is 0 Å². The van der Waals surface area contributed by atoms with Crippen LogP contribution in [0, 0.1) is 27.7 Å². The minimum atomic E-state index is -1.97. The van der Waals surface area contributed by atoms with E-state index in [4.69, 9.17) is 0 Å². The van der Waals surface area contributed by atoms with Crippen molar-refractivity contribution >= 4 is 18.4 Å². The Hall–Kier alpha value is -0.993. The first-order valence-electron chi connectivity index (χ1n) is 10.8. The monoisotopic (exact) mass is 552 g/mol. The van der Waals surface area contributed by atoms with Crippen LogP contribution in [0.5, 0.6) is 0 Å². The van der Waals surface area contributed by atoms with Crippen LogP contribution >= 0.6 is 0 Å². The topological polar surface area (TPSA) is 0 Å². The standard InChI is InChI=1S/2C11H11.C4H10Si.Hf/c2*1-8-6-7-9(2)11-5-3-4-10(8)11;1-2-3-4-5;/h2*3-7H,1-2H3;5H,2-4H2,1H3;. The summed E-state index contributed by atoms with van der Waals surface area (Å²) < 4.78 is 1.57. The van der Waals surface area contributed by atoms with E-state index in [0.29, 0.717) is 6.22 Å². The summed E-state index contributed by atoms with van der Waals surface area (Å²) in [7, 11) is 0. The molecular formula is C26H32HfSi. The van der Waals surface area contributed by atoms with Gasteiger partial charge in [0.1, 0.15) is 0 Å². The van der Waals surface area contributed by atoms with E-state index in [1.165, 1.54) is 41.1 Å². The molecule has 2 aliphatic rings. The van der Waals surface area contributed by atoms with Crippen LogP contribution in [-0.4, -0.2) is 6.22 Å². The number of unbranched alkanes of at least 4 members (excludes halogenated alkanes) is 1. The van der Waals surface area contributed by atoms with Gasteiger partial charge in [-0.15, -0.1) is 0 Å². The van der Waals surface area contributed by atoms with Gasteiger partial charge in [-0.3, -0.25) is 0 Å². The van der Waals surface area contributed by atoms with E-state index < -0.39 is 20.1 Å². The van der Waals surface area contributed by atoms with E-state index >= 15 is 0 Å². The number of hydrogen-bond donors (Lipinski definition) is 0. The summed E-state index contributed by atoms with van der Waals surface area (Å²) in [4.78, 5) is 0. The molecule has 2 heteroatoms. The fourth-order valence-electron chi connectivity index (χ4n) is 5.03. The quantitative estimate of drug-likeness (QED) is 0.279. The zero-order valence-electron chi connectivity index (χ0n) is 18.0. The number of hydrogen-bond acceptors (Lipinski definition) is 0. The molecule has 0 heterocycles. The Kier molecular flexibility index (Phi) is 6.08. The third-order valence-electron chi connectivity index (χ3n) is 6.64. The van der Waals surface area contributed by atoms with Crippen molar-refractivity contribution in [2.24, 2.45) is 0 Å². The average Bonchev–Trinajstić information content (AvgIpc) is 3.32. The number of benzene rings is 2. The van der Waals surface area contributed by atoms with Gasteiger partial charge >= 0.3 is 180 Å². The first kappa shape index (κ1) is 20.3. The molecule has 0 aromatic heterocycles. The zero-order chi connectivity index (χ0) is 19.8. The maximum absolute atomic E-state index is 2.63. The molecule has 0 radical (unpaired) electrons. The van der Waals surface area contributed by atoms with Gasteiger partial charge in [-0.05, 0) is 0 Å². The second-order valence-corrected chi connectivity index (χ2v) is 27.5. The fraction of sp³-hybridized carbons (Fsp3) is 0.385. The SMILES string of the molecule is CCCC[SiH]=[Hf]([CH]1C=Cc2c(C)ccc(C)c21)[CH]1C=Cc2c(C)ccc(C)c21. The van der Waals surface area contributed by atoms with Crippen molar-refractivity contribution in [3.05, 3.63) is 80.9 Å². The maximum atomic E-state index is 2.63. The Balaban J connectivity index is 1.83. The van der Waals surface area contributed by atoms with Crippen molar-refractivity contribution in [2.45, 2.75) is 60.9 Å². The summed E-state index contributed by atoms with van der Waals surface area (Å²) in [6.45, 7) is 11.6. The summed E-state index contributed by atoms with van der Waals surface area (Å²) in [5.41, 5.74) is 12.5. The number of aryl methyl sites for hydroxylation is 4. The van der Waals surface area contributed by atoms with Gasteiger partial charge < -0.3 is 0 Å². The zero-order valence-corrected chi connectivity index (χ0v) is 22.7. The Morgan fingerprint density at radius 1 is 0.750 bits per heavy atom. The van der Waals surface area contributed by atoms with Crippen molar-refractivity contribution in [3.8, 4) is 0 Å². The third-order valence-corrected chi connectivity index (χ3v) is 30.5. The van der Waals surface area contributed by atoms with Crippen LogP contribution in [0.4, 0.5) is 0 Å². The van der Waals surface area contributed by atoms with Crippen LogP contribution in [0.3, 0.4) is 0 Å². The molecule has 2 atom stereocenters. The number of fused-ring (bicyclic) bond motifs is 2. The molecule has 0 bridgehead atoms. The van der Waals surface area contributed by atoms with E-state index in [-0.39, 0.29) is 0 Å². The number of rotatable bonds is 5. The van der Waals surface area contributed by atoms with Gasteiger partial charge in [-0.1, -0.05) is 0 Å². The summed E-state index contributed by atoms with van der Waals surface area (Å²) in [6, 6.07) is 10.9. The predicted octanol–water partition coefficient (Wildman–Crippen LogP) is 6.94. The summed E-state index contributed by atoms with van der Waals surface area (Å²) in [6.07, 6.45) is 13.6. The first-order valence-corrected chi connectivity index (χ1v) is 22.6. The van der Waals surface area contributed by atoms with E-state index in [1.807, 2.05) is 0 Å². The Bertz CT molecular complexity index is 934. The summed E-state index contributed by atoms with van der Waals surface area (Å²) >= 11 is -1.97. The van der Waals surface area contributed by atoms with Gasteiger partial charge in [0.05, 0.1) is 0 Å². The first-order chi connectivity index (χ1) is 13.5. The average molecular weight is 551 g/mol. The van der Waals surface area contributed by atoms with Crippen LogP contribution in [0.15, 0.2) is 36.4 Å². The van der Waals surface area contributed by atoms with Gasteiger partial charge in [-0.25, -0.2) is 0 Å².